The molecule has 0 spiro atoms. The Morgan fingerprint density at radius 3 is 2.53 bits per heavy atom. The van der Waals surface area contributed by atoms with Crippen LogP contribution in [0.15, 0.2) is 30.3 Å². The third kappa shape index (κ3) is 2.71. The van der Waals surface area contributed by atoms with Crippen LogP contribution in [0.3, 0.4) is 0 Å². The highest BCUT2D eigenvalue weighted by Gasteiger charge is 2.11. The molecule has 0 aliphatic carbocycles. The van der Waals surface area contributed by atoms with E-state index in [9.17, 15) is 5.26 Å². The summed E-state index contributed by atoms with van der Waals surface area (Å²) in [5, 5.41) is 11.5. The van der Waals surface area contributed by atoms with E-state index in [2.05, 4.69) is 13.0 Å². The molecule has 0 unspecified atom stereocenters. The molecule has 0 heterocycles. The summed E-state index contributed by atoms with van der Waals surface area (Å²) >= 11 is 0. The van der Waals surface area contributed by atoms with Gasteiger partial charge in [0, 0.05) is 10.8 Å². The van der Waals surface area contributed by atoms with Crippen molar-refractivity contribution >= 4 is 10.8 Å². The number of unbranched alkanes of at least 4 members (excludes halogenated alkanes) is 2. The molecule has 0 saturated heterocycles. The number of ether oxygens (including phenoxy) is 1. The third-order valence-electron chi connectivity index (χ3n) is 3.47. The lowest BCUT2D eigenvalue weighted by Crippen LogP contribution is -1.96. The van der Waals surface area contributed by atoms with Crippen molar-refractivity contribution in [3.8, 4) is 11.8 Å². The number of hydrogen-bond donors (Lipinski definition) is 0. The number of nitrogens with zero attached hydrogens (tertiary/aromatic N) is 1. The summed E-state index contributed by atoms with van der Waals surface area (Å²) in [7, 11) is 1.68. The Kier molecular flexibility index (Phi) is 4.41. The number of hydrogen-bond acceptors (Lipinski definition) is 2. The smallest absolute Gasteiger partial charge is 0.127 e. The normalized spacial score (nSPS) is 10.4. The summed E-state index contributed by atoms with van der Waals surface area (Å²) in [5.74, 6) is 0.862. The highest BCUT2D eigenvalue weighted by Crippen LogP contribution is 2.31. The lowest BCUT2D eigenvalue weighted by molar-refractivity contribution is 0.419. The maximum atomic E-state index is 9.45. The van der Waals surface area contributed by atoms with Crippen LogP contribution >= 0.6 is 0 Å². The second-order valence-electron chi connectivity index (χ2n) is 4.73. The molecular weight excluding hydrogens is 234 g/mol. The maximum Gasteiger partial charge on any atom is 0.127 e. The van der Waals surface area contributed by atoms with Gasteiger partial charge in [0.1, 0.15) is 11.8 Å². The summed E-state index contributed by atoms with van der Waals surface area (Å²) in [4.78, 5) is 0. The first-order valence-electron chi connectivity index (χ1n) is 6.80. The molecule has 2 aromatic rings. The van der Waals surface area contributed by atoms with Crippen molar-refractivity contribution in [1.82, 2.24) is 0 Å². The minimum Gasteiger partial charge on any atom is -0.496 e. The second-order valence-corrected chi connectivity index (χ2v) is 4.73. The molecule has 0 fully saturated rings. The number of benzene rings is 2. The number of methoxy groups -OCH3 is 1. The summed E-state index contributed by atoms with van der Waals surface area (Å²) in [5.41, 5.74) is 1.90. The van der Waals surface area contributed by atoms with E-state index in [0.717, 1.165) is 40.5 Å². The highest BCUT2D eigenvalue weighted by molar-refractivity contribution is 5.94. The fraction of sp³-hybridized carbons (Fsp3) is 0.353. The van der Waals surface area contributed by atoms with Crippen LogP contribution in [0.1, 0.15) is 37.3 Å². The minimum atomic E-state index is 0.799. The first-order valence-corrected chi connectivity index (χ1v) is 6.80. The Bertz CT molecular complexity index is 610. The zero-order valence-corrected chi connectivity index (χ0v) is 11.6. The number of rotatable bonds is 5. The molecule has 0 amide bonds. The van der Waals surface area contributed by atoms with E-state index >= 15 is 0 Å². The van der Waals surface area contributed by atoms with Crippen molar-refractivity contribution in [2.45, 2.75) is 32.6 Å². The van der Waals surface area contributed by atoms with E-state index in [-0.39, 0.29) is 0 Å². The van der Waals surface area contributed by atoms with Crippen molar-refractivity contribution in [2.24, 2.45) is 0 Å². The van der Waals surface area contributed by atoms with Gasteiger partial charge in [-0.15, -0.1) is 0 Å². The van der Waals surface area contributed by atoms with Crippen molar-refractivity contribution in [3.05, 3.63) is 41.5 Å². The largest absolute Gasteiger partial charge is 0.496 e. The molecule has 0 bridgehead atoms. The third-order valence-corrected chi connectivity index (χ3v) is 3.47. The van der Waals surface area contributed by atoms with Crippen molar-refractivity contribution in [3.63, 3.8) is 0 Å². The van der Waals surface area contributed by atoms with Crippen LogP contribution in [0.2, 0.25) is 0 Å². The molecule has 0 aliphatic rings. The number of fused-ring (bicyclic) bond motifs is 1. The molecule has 0 N–H and O–H groups in total. The van der Waals surface area contributed by atoms with Gasteiger partial charge in [-0.2, -0.15) is 5.26 Å². The van der Waals surface area contributed by atoms with E-state index in [1.54, 1.807) is 7.11 Å². The van der Waals surface area contributed by atoms with Crippen LogP contribution in [0.25, 0.3) is 10.8 Å². The summed E-state index contributed by atoms with van der Waals surface area (Å²) in [6.07, 6.45) is 4.44. The highest BCUT2D eigenvalue weighted by atomic mass is 16.5. The summed E-state index contributed by atoms with van der Waals surface area (Å²) in [6, 6.07) is 12.3. The first-order chi connectivity index (χ1) is 9.31. The van der Waals surface area contributed by atoms with Gasteiger partial charge in [0.15, 0.2) is 0 Å². The van der Waals surface area contributed by atoms with E-state index < -0.39 is 0 Å². The molecule has 0 atom stereocenters. The Balaban J connectivity index is 2.54. The van der Waals surface area contributed by atoms with Crippen molar-refractivity contribution in [1.29, 1.82) is 5.26 Å². The van der Waals surface area contributed by atoms with Gasteiger partial charge in [0.25, 0.3) is 0 Å². The minimum absolute atomic E-state index is 0.799. The molecular formula is C17H19NO. The quantitative estimate of drug-likeness (QED) is 0.737. The monoisotopic (exact) mass is 253 g/mol. The van der Waals surface area contributed by atoms with Crippen LogP contribution < -0.4 is 4.74 Å². The van der Waals surface area contributed by atoms with Gasteiger partial charge in [0.2, 0.25) is 0 Å². The molecule has 0 aromatic heterocycles. The topological polar surface area (TPSA) is 33.0 Å². The van der Waals surface area contributed by atoms with Crippen LogP contribution in [0.4, 0.5) is 0 Å². The Morgan fingerprint density at radius 1 is 1.16 bits per heavy atom. The molecule has 0 radical (unpaired) electrons. The molecule has 98 valence electrons. The van der Waals surface area contributed by atoms with E-state index in [0.29, 0.717) is 0 Å². The number of aryl methyl sites for hydroxylation is 1. The second kappa shape index (κ2) is 6.24. The van der Waals surface area contributed by atoms with E-state index in [4.69, 9.17) is 4.74 Å². The van der Waals surface area contributed by atoms with E-state index in [1.807, 2.05) is 30.3 Å². The van der Waals surface area contributed by atoms with Crippen molar-refractivity contribution in [2.75, 3.05) is 7.11 Å². The molecule has 0 saturated carbocycles. The zero-order chi connectivity index (χ0) is 13.7. The fourth-order valence-electron chi connectivity index (χ4n) is 2.46. The van der Waals surface area contributed by atoms with Gasteiger partial charge in [0.05, 0.1) is 12.7 Å². The molecule has 2 nitrogen and oxygen atoms in total. The van der Waals surface area contributed by atoms with Crippen LogP contribution in [-0.2, 0) is 6.42 Å². The number of nitriles is 1. The predicted molar refractivity (Wildman–Crippen MR) is 78.4 cm³/mol. The Hall–Kier alpha value is -2.01. The fourth-order valence-corrected chi connectivity index (χ4v) is 2.46. The Labute approximate surface area is 114 Å². The van der Waals surface area contributed by atoms with Gasteiger partial charge < -0.3 is 4.74 Å². The van der Waals surface area contributed by atoms with Crippen LogP contribution in [0.5, 0.6) is 5.75 Å². The average Bonchev–Trinajstić information content (AvgIpc) is 2.46. The first kappa shape index (κ1) is 13.4. The van der Waals surface area contributed by atoms with Gasteiger partial charge in [-0.1, -0.05) is 44.0 Å². The zero-order valence-electron chi connectivity index (χ0n) is 11.6. The molecule has 2 heteroatoms. The lowest BCUT2D eigenvalue weighted by atomic mass is 9.95. The Morgan fingerprint density at radius 2 is 1.89 bits per heavy atom. The van der Waals surface area contributed by atoms with Crippen LogP contribution in [0, 0.1) is 11.3 Å². The van der Waals surface area contributed by atoms with Gasteiger partial charge in [-0.05, 0) is 24.5 Å². The van der Waals surface area contributed by atoms with Gasteiger partial charge in [-0.3, -0.25) is 0 Å². The summed E-state index contributed by atoms with van der Waals surface area (Å²) in [6.45, 7) is 2.19. The van der Waals surface area contributed by atoms with Crippen molar-refractivity contribution < 1.29 is 4.74 Å². The molecule has 19 heavy (non-hydrogen) atoms. The summed E-state index contributed by atoms with van der Waals surface area (Å²) < 4.78 is 5.46. The average molecular weight is 253 g/mol. The molecule has 2 rings (SSSR count). The molecule has 2 aromatic carbocycles. The molecule has 0 aliphatic heterocycles. The van der Waals surface area contributed by atoms with Gasteiger partial charge >= 0.3 is 0 Å². The van der Waals surface area contributed by atoms with E-state index in [1.165, 1.54) is 12.8 Å². The van der Waals surface area contributed by atoms with Crippen LogP contribution in [-0.4, -0.2) is 7.11 Å². The SMILES string of the molecule is CCCCCc1cc(OC)c2ccccc2c1C#N. The van der Waals surface area contributed by atoms with Gasteiger partial charge in [-0.25, -0.2) is 0 Å². The predicted octanol–water partition coefficient (Wildman–Crippen LogP) is 4.45. The standard InChI is InChI=1S/C17H19NO/c1-3-4-5-8-13-11-17(19-2)15-10-7-6-9-14(15)16(13)12-18/h6-7,9-11H,3-5,8H2,1-2H3. The lowest BCUT2D eigenvalue weighted by Gasteiger charge is -2.12. The maximum absolute atomic E-state index is 9.45.